The summed E-state index contributed by atoms with van der Waals surface area (Å²) < 4.78 is 16.0. The van der Waals surface area contributed by atoms with Gasteiger partial charge in [-0.25, -0.2) is 0 Å². The van der Waals surface area contributed by atoms with Gasteiger partial charge in [-0.2, -0.15) is 5.10 Å². The van der Waals surface area contributed by atoms with Gasteiger partial charge in [-0.15, -0.1) is 0 Å². The average Bonchev–Trinajstić information content (AvgIpc) is 2.65. The first-order valence-electron chi connectivity index (χ1n) is 7.42. The summed E-state index contributed by atoms with van der Waals surface area (Å²) in [5.74, 6) is 0.508. The second-order valence-electron chi connectivity index (χ2n) is 5.08. The quantitative estimate of drug-likeness (QED) is 0.610. The SMILES string of the molecule is COc1cc(OC)c(/C(C)=N\Nc2ccc(C(=O)[O-])cc2)c(OC)c1. The number of rotatable bonds is 7. The summed E-state index contributed by atoms with van der Waals surface area (Å²) in [6.45, 7) is 1.80. The Balaban J connectivity index is 2.31. The monoisotopic (exact) mass is 343 g/mol. The van der Waals surface area contributed by atoms with Crippen molar-refractivity contribution in [2.75, 3.05) is 26.8 Å². The second kappa shape index (κ2) is 8.05. The standard InChI is InChI=1S/C18H20N2O5/c1-11(19-20-13-7-5-12(6-8-13)18(21)22)17-15(24-3)9-14(23-2)10-16(17)25-4/h5-10,20H,1-4H3,(H,21,22)/p-1/b19-11-. The zero-order chi connectivity index (χ0) is 18.4. The molecule has 0 unspecified atom stereocenters. The smallest absolute Gasteiger partial charge is 0.135 e. The predicted molar refractivity (Wildman–Crippen MR) is 92.7 cm³/mol. The number of hydrogen-bond donors (Lipinski definition) is 1. The molecule has 2 aromatic carbocycles. The van der Waals surface area contributed by atoms with E-state index in [0.29, 0.717) is 34.2 Å². The Hall–Kier alpha value is -3.22. The van der Waals surface area contributed by atoms with Crippen molar-refractivity contribution in [2.45, 2.75) is 6.92 Å². The van der Waals surface area contributed by atoms with E-state index in [2.05, 4.69) is 10.5 Å². The average molecular weight is 343 g/mol. The lowest BCUT2D eigenvalue weighted by molar-refractivity contribution is -0.255. The molecule has 0 spiro atoms. The summed E-state index contributed by atoms with van der Waals surface area (Å²) in [5.41, 5.74) is 4.92. The van der Waals surface area contributed by atoms with Crippen LogP contribution in [-0.4, -0.2) is 33.0 Å². The highest BCUT2D eigenvalue weighted by atomic mass is 16.5. The summed E-state index contributed by atoms with van der Waals surface area (Å²) in [6, 6.07) is 9.57. The van der Waals surface area contributed by atoms with E-state index in [1.54, 1.807) is 52.5 Å². The van der Waals surface area contributed by atoms with Crippen molar-refractivity contribution in [1.82, 2.24) is 0 Å². The Morgan fingerprint density at radius 2 is 1.56 bits per heavy atom. The maximum absolute atomic E-state index is 10.8. The molecule has 132 valence electrons. The van der Waals surface area contributed by atoms with Crippen molar-refractivity contribution in [2.24, 2.45) is 5.10 Å². The van der Waals surface area contributed by atoms with E-state index in [1.165, 1.54) is 12.1 Å². The van der Waals surface area contributed by atoms with Gasteiger partial charge in [0.25, 0.3) is 0 Å². The van der Waals surface area contributed by atoms with E-state index in [0.717, 1.165) is 0 Å². The van der Waals surface area contributed by atoms with Gasteiger partial charge in [0.05, 0.1) is 44.3 Å². The van der Waals surface area contributed by atoms with Crippen molar-refractivity contribution in [1.29, 1.82) is 0 Å². The number of carboxylic acids is 1. The molecule has 0 fully saturated rings. The molecule has 0 atom stereocenters. The van der Waals surface area contributed by atoms with Crippen LogP contribution in [0.2, 0.25) is 0 Å². The lowest BCUT2D eigenvalue weighted by Crippen LogP contribution is -2.21. The number of hydrogen-bond acceptors (Lipinski definition) is 7. The zero-order valence-electron chi connectivity index (χ0n) is 14.5. The number of aromatic carboxylic acids is 1. The van der Waals surface area contributed by atoms with Crippen LogP contribution in [0.1, 0.15) is 22.8 Å². The third-order valence-corrected chi connectivity index (χ3v) is 3.55. The van der Waals surface area contributed by atoms with Gasteiger partial charge >= 0.3 is 0 Å². The van der Waals surface area contributed by atoms with Gasteiger partial charge in [-0.05, 0) is 24.6 Å². The second-order valence-corrected chi connectivity index (χ2v) is 5.08. The first-order valence-corrected chi connectivity index (χ1v) is 7.42. The van der Waals surface area contributed by atoms with Crippen molar-refractivity contribution >= 4 is 17.4 Å². The number of nitrogens with zero attached hydrogens (tertiary/aromatic N) is 1. The Kier molecular flexibility index (Phi) is 5.84. The van der Waals surface area contributed by atoms with E-state index in [1.807, 2.05) is 0 Å². The minimum absolute atomic E-state index is 0.102. The normalized spacial score (nSPS) is 11.0. The molecule has 0 radical (unpaired) electrons. The molecule has 2 aromatic rings. The lowest BCUT2D eigenvalue weighted by Gasteiger charge is -2.15. The molecule has 0 saturated heterocycles. The van der Waals surface area contributed by atoms with Crippen LogP contribution in [0.4, 0.5) is 5.69 Å². The van der Waals surface area contributed by atoms with Crippen LogP contribution < -0.4 is 24.7 Å². The number of hydrazone groups is 1. The Morgan fingerprint density at radius 1 is 1.00 bits per heavy atom. The molecule has 0 aliphatic carbocycles. The molecule has 0 amide bonds. The lowest BCUT2D eigenvalue weighted by atomic mass is 10.1. The molecule has 0 saturated carbocycles. The number of benzene rings is 2. The molecule has 1 N–H and O–H groups in total. The summed E-state index contributed by atoms with van der Waals surface area (Å²) in [6.07, 6.45) is 0. The minimum Gasteiger partial charge on any atom is -0.545 e. The number of ether oxygens (including phenoxy) is 3. The molecular weight excluding hydrogens is 324 g/mol. The molecule has 0 heterocycles. The van der Waals surface area contributed by atoms with E-state index in [-0.39, 0.29) is 5.56 Å². The van der Waals surface area contributed by atoms with E-state index in [4.69, 9.17) is 14.2 Å². The molecule has 7 heteroatoms. The van der Waals surface area contributed by atoms with Crippen molar-refractivity contribution in [3.63, 3.8) is 0 Å². The van der Waals surface area contributed by atoms with Crippen LogP contribution in [0.15, 0.2) is 41.5 Å². The number of carboxylic acid groups (broad SMARTS) is 1. The summed E-state index contributed by atoms with van der Waals surface area (Å²) >= 11 is 0. The van der Waals surface area contributed by atoms with E-state index >= 15 is 0 Å². The Morgan fingerprint density at radius 3 is 2.00 bits per heavy atom. The van der Waals surface area contributed by atoms with Gasteiger partial charge in [0, 0.05) is 12.1 Å². The summed E-state index contributed by atoms with van der Waals surface area (Å²) in [7, 11) is 4.67. The Bertz CT molecular complexity index is 760. The van der Waals surface area contributed by atoms with E-state index in [9.17, 15) is 9.90 Å². The van der Waals surface area contributed by atoms with Gasteiger partial charge in [-0.1, -0.05) is 12.1 Å². The first-order chi connectivity index (χ1) is 12.0. The maximum atomic E-state index is 10.8. The predicted octanol–water partition coefficient (Wildman–Crippen LogP) is 1.91. The van der Waals surface area contributed by atoms with Gasteiger partial charge in [-0.3, -0.25) is 5.43 Å². The highest BCUT2D eigenvalue weighted by molar-refractivity contribution is 6.04. The molecule has 0 aliphatic rings. The number of anilines is 1. The highest BCUT2D eigenvalue weighted by Crippen LogP contribution is 2.34. The van der Waals surface area contributed by atoms with Gasteiger partial charge < -0.3 is 24.1 Å². The maximum Gasteiger partial charge on any atom is 0.135 e. The third kappa shape index (κ3) is 4.20. The van der Waals surface area contributed by atoms with Crippen molar-refractivity contribution in [3.05, 3.63) is 47.5 Å². The minimum atomic E-state index is -1.22. The molecule has 25 heavy (non-hydrogen) atoms. The van der Waals surface area contributed by atoms with Gasteiger partial charge in [0.1, 0.15) is 17.2 Å². The Labute approximate surface area is 145 Å². The van der Waals surface area contributed by atoms with Gasteiger partial charge in [0.2, 0.25) is 0 Å². The number of nitrogens with one attached hydrogen (secondary N) is 1. The molecular formula is C18H19N2O5-. The fraction of sp³-hybridized carbons (Fsp3) is 0.222. The summed E-state index contributed by atoms with van der Waals surface area (Å²) in [4.78, 5) is 10.8. The molecule has 2 rings (SSSR count). The molecule has 0 aromatic heterocycles. The fourth-order valence-electron chi connectivity index (χ4n) is 2.25. The zero-order valence-corrected chi connectivity index (χ0v) is 14.5. The molecule has 7 nitrogen and oxygen atoms in total. The van der Waals surface area contributed by atoms with Crippen molar-refractivity contribution < 1.29 is 24.1 Å². The largest absolute Gasteiger partial charge is 0.545 e. The van der Waals surface area contributed by atoms with Gasteiger partial charge in [0.15, 0.2) is 0 Å². The van der Waals surface area contributed by atoms with Crippen LogP contribution in [0.25, 0.3) is 0 Å². The summed E-state index contributed by atoms with van der Waals surface area (Å²) in [5, 5.41) is 15.1. The van der Waals surface area contributed by atoms with Crippen LogP contribution in [0, 0.1) is 0 Å². The third-order valence-electron chi connectivity index (χ3n) is 3.55. The number of carbonyl (C=O) groups is 1. The molecule has 0 aliphatic heterocycles. The van der Waals surface area contributed by atoms with Crippen LogP contribution in [0.3, 0.4) is 0 Å². The van der Waals surface area contributed by atoms with Crippen LogP contribution in [0.5, 0.6) is 17.2 Å². The molecule has 0 bridgehead atoms. The number of carbonyl (C=O) groups excluding carboxylic acids is 1. The topological polar surface area (TPSA) is 92.2 Å². The van der Waals surface area contributed by atoms with Crippen LogP contribution in [-0.2, 0) is 0 Å². The fourth-order valence-corrected chi connectivity index (χ4v) is 2.25. The number of methoxy groups -OCH3 is 3. The van der Waals surface area contributed by atoms with E-state index < -0.39 is 5.97 Å². The first kappa shape index (κ1) is 18.1. The van der Waals surface area contributed by atoms with Crippen molar-refractivity contribution in [3.8, 4) is 17.2 Å². The van der Waals surface area contributed by atoms with Crippen LogP contribution >= 0.6 is 0 Å². The highest BCUT2D eigenvalue weighted by Gasteiger charge is 2.16.